The molecule has 0 bridgehead atoms. The van der Waals surface area contributed by atoms with Crippen LogP contribution >= 0.6 is 0 Å². The maximum Gasteiger partial charge on any atom is 0.130 e. The Kier molecular flexibility index (Phi) is 7.28. The lowest BCUT2D eigenvalue weighted by Crippen LogP contribution is -2.21. The summed E-state index contributed by atoms with van der Waals surface area (Å²) in [4.78, 5) is 2.31. The van der Waals surface area contributed by atoms with Crippen molar-refractivity contribution < 1.29 is 4.74 Å². The second kappa shape index (κ2) is 10.3. The van der Waals surface area contributed by atoms with E-state index >= 15 is 0 Å². The molecule has 0 N–H and O–H groups in total. The number of hydrazone groups is 1. The van der Waals surface area contributed by atoms with Gasteiger partial charge in [-0.3, -0.25) is 0 Å². The number of anilines is 3. The molecule has 29 heavy (non-hydrogen) atoms. The van der Waals surface area contributed by atoms with Crippen molar-refractivity contribution in [2.24, 2.45) is 5.10 Å². The van der Waals surface area contributed by atoms with E-state index in [4.69, 9.17) is 9.84 Å². The standard InChI is InChI=1S/C25H29N3O/c1-4-27(5-2)24-18-17-21(25(19-24)29-6-3)20-26-28(22-13-9-7-10-14-22)23-15-11-8-12-16-23/h7-20H,4-6H2,1-3H3/b26-20+. The highest BCUT2D eigenvalue weighted by atomic mass is 16.5. The molecule has 150 valence electrons. The molecule has 0 aromatic heterocycles. The first kappa shape index (κ1) is 20.5. The van der Waals surface area contributed by atoms with Gasteiger partial charge in [0.05, 0.1) is 24.2 Å². The number of para-hydroxylation sites is 2. The fourth-order valence-electron chi connectivity index (χ4n) is 3.24. The minimum Gasteiger partial charge on any atom is -0.493 e. The Morgan fingerprint density at radius 2 is 1.34 bits per heavy atom. The van der Waals surface area contributed by atoms with E-state index in [2.05, 4.69) is 61.2 Å². The minimum atomic E-state index is 0.615. The third-order valence-electron chi connectivity index (χ3n) is 4.74. The van der Waals surface area contributed by atoms with Crippen molar-refractivity contribution in [2.45, 2.75) is 20.8 Å². The van der Waals surface area contributed by atoms with Crippen molar-refractivity contribution in [1.29, 1.82) is 0 Å². The number of ether oxygens (including phenoxy) is 1. The molecule has 0 unspecified atom stereocenters. The number of hydrogen-bond acceptors (Lipinski definition) is 4. The van der Waals surface area contributed by atoms with Gasteiger partial charge >= 0.3 is 0 Å². The van der Waals surface area contributed by atoms with Crippen LogP contribution in [0.5, 0.6) is 5.75 Å². The number of benzene rings is 3. The smallest absolute Gasteiger partial charge is 0.130 e. The fraction of sp³-hybridized carbons (Fsp3) is 0.240. The Morgan fingerprint density at radius 1 is 0.759 bits per heavy atom. The lowest BCUT2D eigenvalue weighted by molar-refractivity contribution is 0.340. The van der Waals surface area contributed by atoms with Gasteiger partial charge in [-0.25, -0.2) is 5.01 Å². The molecule has 0 aliphatic rings. The van der Waals surface area contributed by atoms with E-state index in [0.29, 0.717) is 6.61 Å². The molecule has 0 heterocycles. The first-order valence-corrected chi connectivity index (χ1v) is 10.2. The molecule has 3 aromatic rings. The zero-order valence-electron chi connectivity index (χ0n) is 17.5. The molecule has 3 aromatic carbocycles. The Hall–Kier alpha value is -3.27. The van der Waals surface area contributed by atoms with Crippen molar-refractivity contribution in [3.05, 3.63) is 84.4 Å². The van der Waals surface area contributed by atoms with Crippen LogP contribution in [0.3, 0.4) is 0 Å². The van der Waals surface area contributed by atoms with E-state index in [0.717, 1.165) is 35.8 Å². The monoisotopic (exact) mass is 387 g/mol. The van der Waals surface area contributed by atoms with Gasteiger partial charge in [0.15, 0.2) is 0 Å². The summed E-state index contributed by atoms with van der Waals surface area (Å²) in [7, 11) is 0. The molecule has 0 amide bonds. The molecule has 0 spiro atoms. The van der Waals surface area contributed by atoms with Gasteiger partial charge in [0.2, 0.25) is 0 Å². The summed E-state index contributed by atoms with van der Waals surface area (Å²) in [6.07, 6.45) is 1.87. The lowest BCUT2D eigenvalue weighted by atomic mass is 10.1. The van der Waals surface area contributed by atoms with Gasteiger partial charge in [-0.2, -0.15) is 5.10 Å². The summed E-state index contributed by atoms with van der Waals surface area (Å²) in [5.41, 5.74) is 4.14. The molecule has 3 rings (SSSR count). The second-order valence-corrected chi connectivity index (χ2v) is 6.55. The fourth-order valence-corrected chi connectivity index (χ4v) is 3.24. The largest absolute Gasteiger partial charge is 0.493 e. The van der Waals surface area contributed by atoms with Gasteiger partial charge in [-0.15, -0.1) is 0 Å². The quantitative estimate of drug-likeness (QED) is 0.328. The van der Waals surface area contributed by atoms with E-state index in [-0.39, 0.29) is 0 Å². The Labute approximate surface area is 174 Å². The Morgan fingerprint density at radius 3 is 1.86 bits per heavy atom. The molecular formula is C25H29N3O. The second-order valence-electron chi connectivity index (χ2n) is 6.55. The SMILES string of the molecule is CCOc1cc(N(CC)CC)ccc1/C=N/N(c1ccccc1)c1ccccc1. The maximum atomic E-state index is 5.92. The van der Waals surface area contributed by atoms with E-state index < -0.39 is 0 Å². The van der Waals surface area contributed by atoms with Crippen LogP contribution in [0.2, 0.25) is 0 Å². The van der Waals surface area contributed by atoms with Crippen LogP contribution < -0.4 is 14.6 Å². The van der Waals surface area contributed by atoms with Crippen molar-refractivity contribution >= 4 is 23.3 Å². The molecular weight excluding hydrogens is 358 g/mol. The van der Waals surface area contributed by atoms with Crippen LogP contribution in [0.4, 0.5) is 17.1 Å². The number of nitrogens with zero attached hydrogens (tertiary/aromatic N) is 3. The van der Waals surface area contributed by atoms with Crippen molar-refractivity contribution in [3.8, 4) is 5.75 Å². The highest BCUT2D eigenvalue weighted by Gasteiger charge is 2.10. The van der Waals surface area contributed by atoms with E-state index in [1.54, 1.807) is 0 Å². The first-order chi connectivity index (χ1) is 14.3. The van der Waals surface area contributed by atoms with Gasteiger partial charge in [0.25, 0.3) is 0 Å². The van der Waals surface area contributed by atoms with Gasteiger partial charge in [-0.1, -0.05) is 36.4 Å². The van der Waals surface area contributed by atoms with E-state index in [1.165, 1.54) is 5.69 Å². The lowest BCUT2D eigenvalue weighted by Gasteiger charge is -2.22. The average molecular weight is 388 g/mol. The highest BCUT2D eigenvalue weighted by molar-refractivity contribution is 5.86. The van der Waals surface area contributed by atoms with Gasteiger partial charge in [0.1, 0.15) is 5.75 Å². The van der Waals surface area contributed by atoms with E-state index in [1.807, 2.05) is 54.5 Å². The predicted octanol–water partition coefficient (Wildman–Crippen LogP) is 6.10. The topological polar surface area (TPSA) is 28.1 Å². The van der Waals surface area contributed by atoms with Gasteiger partial charge in [0, 0.05) is 30.4 Å². The normalized spacial score (nSPS) is 10.9. The van der Waals surface area contributed by atoms with Crippen LogP contribution in [0.25, 0.3) is 0 Å². The molecule has 0 saturated carbocycles. The van der Waals surface area contributed by atoms with Gasteiger partial charge < -0.3 is 9.64 Å². The van der Waals surface area contributed by atoms with Crippen LogP contribution in [0.15, 0.2) is 84.0 Å². The molecule has 0 saturated heterocycles. The van der Waals surface area contributed by atoms with Crippen LogP contribution in [0, 0.1) is 0 Å². The molecule has 0 aliphatic carbocycles. The Bertz CT molecular complexity index is 866. The summed E-state index contributed by atoms with van der Waals surface area (Å²) < 4.78 is 5.92. The first-order valence-electron chi connectivity index (χ1n) is 10.2. The highest BCUT2D eigenvalue weighted by Crippen LogP contribution is 2.28. The molecule has 0 atom stereocenters. The van der Waals surface area contributed by atoms with Crippen LogP contribution in [-0.2, 0) is 0 Å². The molecule has 4 heteroatoms. The molecule has 0 aliphatic heterocycles. The van der Waals surface area contributed by atoms with Crippen LogP contribution in [-0.4, -0.2) is 25.9 Å². The van der Waals surface area contributed by atoms with Crippen molar-refractivity contribution in [3.63, 3.8) is 0 Å². The van der Waals surface area contributed by atoms with E-state index in [9.17, 15) is 0 Å². The number of hydrogen-bond donors (Lipinski definition) is 0. The summed E-state index contributed by atoms with van der Waals surface area (Å²) in [6.45, 7) is 8.87. The third kappa shape index (κ3) is 5.17. The zero-order valence-corrected chi connectivity index (χ0v) is 17.5. The summed E-state index contributed by atoms with van der Waals surface area (Å²) in [5.74, 6) is 0.849. The van der Waals surface area contributed by atoms with Crippen LogP contribution in [0.1, 0.15) is 26.3 Å². The zero-order chi connectivity index (χ0) is 20.5. The summed E-state index contributed by atoms with van der Waals surface area (Å²) in [6, 6.07) is 26.6. The third-order valence-corrected chi connectivity index (χ3v) is 4.74. The van der Waals surface area contributed by atoms with Gasteiger partial charge in [-0.05, 0) is 57.2 Å². The summed E-state index contributed by atoms with van der Waals surface area (Å²) >= 11 is 0. The molecule has 0 radical (unpaired) electrons. The average Bonchev–Trinajstić information content (AvgIpc) is 2.78. The van der Waals surface area contributed by atoms with Crippen molar-refractivity contribution in [1.82, 2.24) is 0 Å². The minimum absolute atomic E-state index is 0.615. The predicted molar refractivity (Wildman–Crippen MR) is 124 cm³/mol. The molecule has 0 fully saturated rings. The molecule has 4 nitrogen and oxygen atoms in total. The van der Waals surface area contributed by atoms with Crippen molar-refractivity contribution in [2.75, 3.05) is 29.6 Å². The summed E-state index contributed by atoms with van der Waals surface area (Å²) in [5, 5.41) is 6.75. The number of rotatable bonds is 9. The Balaban J connectivity index is 1.96. The maximum absolute atomic E-state index is 5.92.